The molecule has 1 fully saturated rings. The van der Waals surface area contributed by atoms with Crippen LogP contribution in [-0.2, 0) is 14.9 Å². The normalized spacial score (nSPS) is 23.0. The highest BCUT2D eigenvalue weighted by molar-refractivity contribution is 5.89. The summed E-state index contributed by atoms with van der Waals surface area (Å²) in [5.74, 6) is -0.953. The number of carbonyl (C=O) groups is 2. The lowest BCUT2D eigenvalue weighted by molar-refractivity contribution is -0.145. The molecule has 3 rings (SSSR count). The van der Waals surface area contributed by atoms with Crippen LogP contribution in [0.5, 0.6) is 0 Å². The molecule has 2 atom stereocenters. The van der Waals surface area contributed by atoms with Crippen LogP contribution in [-0.4, -0.2) is 24.2 Å². The molecule has 1 N–H and O–H groups in total. The highest BCUT2D eigenvalue weighted by Gasteiger charge is 2.44. The predicted octanol–water partition coefficient (Wildman–Crippen LogP) is 4.15. The van der Waals surface area contributed by atoms with Crippen LogP contribution in [0.1, 0.15) is 53.1 Å². The summed E-state index contributed by atoms with van der Waals surface area (Å²) in [6.45, 7) is 0. The molecule has 2 aromatic rings. The van der Waals surface area contributed by atoms with Crippen LogP contribution in [0, 0.1) is 0 Å². The SMILES string of the molecule is COC(=O)c1ccc([C@H]2CCC[C@](C(=O)O)(c3ccccc3)C2)cc1. The van der Waals surface area contributed by atoms with Gasteiger partial charge in [0.15, 0.2) is 0 Å². The van der Waals surface area contributed by atoms with Crippen molar-refractivity contribution in [1.82, 2.24) is 0 Å². The smallest absolute Gasteiger partial charge is 0.337 e. The molecule has 0 amide bonds. The van der Waals surface area contributed by atoms with Gasteiger partial charge in [-0.15, -0.1) is 0 Å². The lowest BCUT2D eigenvalue weighted by Crippen LogP contribution is -2.40. The number of ether oxygens (including phenoxy) is 1. The van der Waals surface area contributed by atoms with E-state index in [1.54, 1.807) is 12.1 Å². The summed E-state index contributed by atoms with van der Waals surface area (Å²) in [5.41, 5.74) is 1.62. The number of hydrogen-bond donors (Lipinski definition) is 1. The highest BCUT2D eigenvalue weighted by atomic mass is 16.5. The molecule has 0 aromatic heterocycles. The molecule has 0 bridgehead atoms. The van der Waals surface area contributed by atoms with Crippen LogP contribution in [0.25, 0.3) is 0 Å². The minimum atomic E-state index is -0.842. The summed E-state index contributed by atoms with van der Waals surface area (Å²) in [6, 6.07) is 16.9. The van der Waals surface area contributed by atoms with Crippen LogP contribution in [0.2, 0.25) is 0 Å². The van der Waals surface area contributed by atoms with Crippen molar-refractivity contribution in [3.05, 3.63) is 71.3 Å². The van der Waals surface area contributed by atoms with Gasteiger partial charge in [0.05, 0.1) is 18.1 Å². The van der Waals surface area contributed by atoms with E-state index in [1.165, 1.54) is 7.11 Å². The van der Waals surface area contributed by atoms with Gasteiger partial charge < -0.3 is 9.84 Å². The molecule has 0 saturated heterocycles. The summed E-state index contributed by atoms with van der Waals surface area (Å²) < 4.78 is 4.73. The number of carbonyl (C=O) groups excluding carboxylic acids is 1. The van der Waals surface area contributed by atoms with E-state index in [0.29, 0.717) is 18.4 Å². The van der Waals surface area contributed by atoms with Crippen molar-refractivity contribution in [3.63, 3.8) is 0 Å². The Kier molecular flexibility index (Phi) is 4.88. The third-order valence-electron chi connectivity index (χ3n) is 5.29. The van der Waals surface area contributed by atoms with Crippen molar-refractivity contribution in [1.29, 1.82) is 0 Å². The molecular weight excluding hydrogens is 316 g/mol. The van der Waals surface area contributed by atoms with Gasteiger partial charge in [-0.1, -0.05) is 48.9 Å². The molecule has 0 heterocycles. The Labute approximate surface area is 147 Å². The monoisotopic (exact) mass is 338 g/mol. The average Bonchev–Trinajstić information content (AvgIpc) is 2.68. The van der Waals surface area contributed by atoms with Gasteiger partial charge in [0.2, 0.25) is 0 Å². The molecule has 4 heteroatoms. The summed E-state index contributed by atoms with van der Waals surface area (Å²) in [5, 5.41) is 9.99. The summed E-state index contributed by atoms with van der Waals surface area (Å²) in [4.78, 5) is 23.8. The van der Waals surface area contributed by atoms with Gasteiger partial charge in [0, 0.05) is 0 Å². The van der Waals surface area contributed by atoms with Crippen molar-refractivity contribution in [2.75, 3.05) is 7.11 Å². The number of hydrogen-bond acceptors (Lipinski definition) is 3. The largest absolute Gasteiger partial charge is 0.481 e. The Morgan fingerprint density at radius 1 is 1.08 bits per heavy atom. The lowest BCUT2D eigenvalue weighted by atomic mass is 9.64. The fraction of sp³-hybridized carbons (Fsp3) is 0.333. The fourth-order valence-corrected chi connectivity index (χ4v) is 3.91. The number of benzene rings is 2. The van der Waals surface area contributed by atoms with Gasteiger partial charge in [0.1, 0.15) is 0 Å². The van der Waals surface area contributed by atoms with Crippen molar-refractivity contribution in [2.24, 2.45) is 0 Å². The first-order valence-corrected chi connectivity index (χ1v) is 8.54. The van der Waals surface area contributed by atoms with Crippen molar-refractivity contribution in [3.8, 4) is 0 Å². The molecule has 0 aliphatic heterocycles. The maximum absolute atomic E-state index is 12.2. The molecule has 1 aliphatic carbocycles. The van der Waals surface area contributed by atoms with Gasteiger partial charge in [-0.05, 0) is 48.4 Å². The van der Waals surface area contributed by atoms with Gasteiger partial charge in [-0.3, -0.25) is 4.79 Å². The van der Waals surface area contributed by atoms with E-state index in [0.717, 1.165) is 24.0 Å². The first-order valence-electron chi connectivity index (χ1n) is 8.54. The minimum Gasteiger partial charge on any atom is -0.481 e. The van der Waals surface area contributed by atoms with E-state index in [-0.39, 0.29) is 11.9 Å². The summed E-state index contributed by atoms with van der Waals surface area (Å²) >= 11 is 0. The molecule has 1 saturated carbocycles. The lowest BCUT2D eigenvalue weighted by Gasteiger charge is -2.38. The summed E-state index contributed by atoms with van der Waals surface area (Å²) in [6.07, 6.45) is 3.05. The molecule has 130 valence electrons. The minimum absolute atomic E-state index is 0.164. The van der Waals surface area contributed by atoms with Gasteiger partial charge in [-0.25, -0.2) is 4.79 Å². The second-order valence-corrected chi connectivity index (χ2v) is 6.66. The van der Waals surface area contributed by atoms with E-state index in [1.807, 2.05) is 42.5 Å². The van der Waals surface area contributed by atoms with E-state index >= 15 is 0 Å². The number of carboxylic acids is 1. The molecule has 1 aliphatic rings. The van der Waals surface area contributed by atoms with E-state index < -0.39 is 11.4 Å². The number of aliphatic carboxylic acids is 1. The molecule has 2 aromatic carbocycles. The quantitative estimate of drug-likeness (QED) is 0.851. The van der Waals surface area contributed by atoms with E-state index in [4.69, 9.17) is 4.74 Å². The van der Waals surface area contributed by atoms with E-state index in [2.05, 4.69) is 0 Å². The van der Waals surface area contributed by atoms with Gasteiger partial charge >= 0.3 is 11.9 Å². The number of methoxy groups -OCH3 is 1. The molecule has 0 unspecified atom stereocenters. The Morgan fingerprint density at radius 3 is 2.36 bits per heavy atom. The third-order valence-corrected chi connectivity index (χ3v) is 5.29. The Morgan fingerprint density at radius 2 is 1.76 bits per heavy atom. The zero-order valence-electron chi connectivity index (χ0n) is 14.3. The molecule has 4 nitrogen and oxygen atoms in total. The van der Waals surface area contributed by atoms with E-state index in [9.17, 15) is 14.7 Å². The van der Waals surface area contributed by atoms with Crippen LogP contribution in [0.3, 0.4) is 0 Å². The van der Waals surface area contributed by atoms with Crippen molar-refractivity contribution >= 4 is 11.9 Å². The van der Waals surface area contributed by atoms with Crippen LogP contribution >= 0.6 is 0 Å². The predicted molar refractivity (Wildman–Crippen MR) is 94.7 cm³/mol. The Hall–Kier alpha value is -2.62. The Balaban J connectivity index is 1.89. The summed E-state index contributed by atoms with van der Waals surface area (Å²) in [7, 11) is 1.36. The van der Waals surface area contributed by atoms with Gasteiger partial charge in [-0.2, -0.15) is 0 Å². The first-order chi connectivity index (χ1) is 12.1. The maximum atomic E-state index is 12.2. The Bertz CT molecular complexity index is 751. The van der Waals surface area contributed by atoms with Crippen LogP contribution in [0.4, 0.5) is 0 Å². The topological polar surface area (TPSA) is 63.6 Å². The number of rotatable bonds is 4. The highest BCUT2D eigenvalue weighted by Crippen LogP contribution is 2.46. The second kappa shape index (κ2) is 7.09. The fourth-order valence-electron chi connectivity index (χ4n) is 3.91. The maximum Gasteiger partial charge on any atom is 0.337 e. The van der Waals surface area contributed by atoms with Crippen molar-refractivity contribution < 1.29 is 19.4 Å². The molecule has 25 heavy (non-hydrogen) atoms. The third kappa shape index (κ3) is 3.29. The molecule has 0 radical (unpaired) electrons. The number of esters is 1. The number of carboxylic acid groups (broad SMARTS) is 1. The van der Waals surface area contributed by atoms with Crippen LogP contribution in [0.15, 0.2) is 54.6 Å². The average molecular weight is 338 g/mol. The molecule has 0 spiro atoms. The first kappa shape index (κ1) is 17.2. The molecular formula is C21H22O4. The standard InChI is InChI=1S/C21H22O4/c1-25-19(22)16-11-9-15(10-12-16)17-6-5-13-21(14-17,20(23)24)18-7-3-2-4-8-18/h2-4,7-12,17H,5-6,13-14H2,1H3,(H,23,24)/t17-,21+/m0/s1. The van der Waals surface area contributed by atoms with Crippen molar-refractivity contribution in [2.45, 2.75) is 37.0 Å². The van der Waals surface area contributed by atoms with Gasteiger partial charge in [0.25, 0.3) is 0 Å². The zero-order valence-corrected chi connectivity index (χ0v) is 14.3. The zero-order chi connectivity index (χ0) is 17.9. The van der Waals surface area contributed by atoms with Crippen LogP contribution < -0.4 is 0 Å². The second-order valence-electron chi connectivity index (χ2n) is 6.66.